The van der Waals surface area contributed by atoms with Crippen LogP contribution in [0, 0.1) is 0 Å². The molecule has 1 N–H and O–H groups in total. The van der Waals surface area contributed by atoms with E-state index < -0.39 is 0 Å². The predicted octanol–water partition coefficient (Wildman–Crippen LogP) is 0.888. The van der Waals surface area contributed by atoms with Crippen molar-refractivity contribution in [2.24, 2.45) is 7.05 Å². The van der Waals surface area contributed by atoms with Crippen LogP contribution in [-0.4, -0.2) is 43.1 Å². The van der Waals surface area contributed by atoms with Gasteiger partial charge >= 0.3 is 6.01 Å². The highest BCUT2D eigenvalue weighted by molar-refractivity contribution is 5.50. The standard InChI is InChI=1S/C11H17N7O/c1-4-6-19-11-15-9(8-7-13-17-18(8)3)14-10(16-11)12-5-2/h7H,4-6H2,1-3H3,(H,12,14,15,16). The molecule has 0 saturated heterocycles. The Morgan fingerprint density at radius 1 is 1.26 bits per heavy atom. The van der Waals surface area contributed by atoms with E-state index in [2.05, 4.69) is 30.6 Å². The Morgan fingerprint density at radius 3 is 2.74 bits per heavy atom. The van der Waals surface area contributed by atoms with Crippen molar-refractivity contribution in [2.45, 2.75) is 20.3 Å². The molecule has 2 rings (SSSR count). The first kappa shape index (κ1) is 13.2. The molecule has 0 atom stereocenters. The summed E-state index contributed by atoms with van der Waals surface area (Å²) >= 11 is 0. The Balaban J connectivity index is 2.36. The lowest BCUT2D eigenvalue weighted by Crippen LogP contribution is -2.09. The molecular formula is C11H17N7O. The largest absolute Gasteiger partial charge is 0.463 e. The van der Waals surface area contributed by atoms with E-state index in [1.807, 2.05) is 13.8 Å². The summed E-state index contributed by atoms with van der Waals surface area (Å²) in [5.41, 5.74) is 0.711. The SMILES string of the molecule is CCCOc1nc(NCC)nc(-c2cnnn2C)n1. The molecule has 0 aliphatic carbocycles. The van der Waals surface area contributed by atoms with Gasteiger partial charge in [-0.3, -0.25) is 0 Å². The van der Waals surface area contributed by atoms with Crippen LogP contribution in [0.1, 0.15) is 20.3 Å². The minimum absolute atomic E-state index is 0.309. The maximum absolute atomic E-state index is 5.47. The Labute approximate surface area is 111 Å². The summed E-state index contributed by atoms with van der Waals surface area (Å²) < 4.78 is 7.07. The number of hydrogen-bond acceptors (Lipinski definition) is 7. The van der Waals surface area contributed by atoms with E-state index >= 15 is 0 Å². The summed E-state index contributed by atoms with van der Waals surface area (Å²) in [4.78, 5) is 12.8. The average Bonchev–Trinajstić information content (AvgIpc) is 2.83. The fourth-order valence-electron chi connectivity index (χ4n) is 1.46. The lowest BCUT2D eigenvalue weighted by molar-refractivity contribution is 0.292. The second-order valence-electron chi connectivity index (χ2n) is 3.89. The van der Waals surface area contributed by atoms with E-state index in [-0.39, 0.29) is 0 Å². The van der Waals surface area contributed by atoms with Crippen LogP contribution < -0.4 is 10.1 Å². The van der Waals surface area contributed by atoms with Gasteiger partial charge in [-0.05, 0) is 13.3 Å². The Hall–Kier alpha value is -2.25. The third kappa shape index (κ3) is 3.15. The molecule has 0 unspecified atom stereocenters. The van der Waals surface area contributed by atoms with Gasteiger partial charge in [-0.15, -0.1) is 5.10 Å². The number of anilines is 1. The highest BCUT2D eigenvalue weighted by Crippen LogP contribution is 2.17. The molecule has 8 nitrogen and oxygen atoms in total. The molecule has 0 fully saturated rings. The zero-order valence-electron chi connectivity index (χ0n) is 11.3. The Morgan fingerprint density at radius 2 is 2.11 bits per heavy atom. The van der Waals surface area contributed by atoms with Gasteiger partial charge < -0.3 is 10.1 Å². The summed E-state index contributed by atoms with van der Waals surface area (Å²) in [5, 5.41) is 10.7. The number of ether oxygens (including phenoxy) is 1. The topological polar surface area (TPSA) is 90.6 Å². The average molecular weight is 263 g/mol. The summed E-state index contributed by atoms with van der Waals surface area (Å²) in [7, 11) is 1.78. The second kappa shape index (κ2) is 6.07. The van der Waals surface area contributed by atoms with E-state index in [0.717, 1.165) is 13.0 Å². The number of hydrogen-bond donors (Lipinski definition) is 1. The zero-order chi connectivity index (χ0) is 13.7. The van der Waals surface area contributed by atoms with Crippen LogP contribution in [0.5, 0.6) is 6.01 Å². The molecular weight excluding hydrogens is 246 g/mol. The molecule has 0 amide bonds. The molecule has 0 aromatic carbocycles. The third-order valence-corrected chi connectivity index (χ3v) is 2.33. The van der Waals surface area contributed by atoms with Gasteiger partial charge in [0.2, 0.25) is 5.95 Å². The maximum atomic E-state index is 5.47. The zero-order valence-corrected chi connectivity index (χ0v) is 11.3. The molecule has 2 aromatic heterocycles. The van der Waals surface area contributed by atoms with Crippen LogP contribution in [0.15, 0.2) is 6.20 Å². The van der Waals surface area contributed by atoms with E-state index in [1.54, 1.807) is 17.9 Å². The fraction of sp³-hybridized carbons (Fsp3) is 0.545. The number of rotatable bonds is 6. The van der Waals surface area contributed by atoms with Crippen LogP contribution in [0.2, 0.25) is 0 Å². The Bertz CT molecular complexity index is 540. The first-order chi connectivity index (χ1) is 9.24. The van der Waals surface area contributed by atoms with Crippen molar-refractivity contribution in [3.8, 4) is 17.5 Å². The molecule has 8 heteroatoms. The first-order valence-electron chi connectivity index (χ1n) is 6.22. The van der Waals surface area contributed by atoms with Gasteiger partial charge in [0.05, 0.1) is 12.8 Å². The van der Waals surface area contributed by atoms with Crippen molar-refractivity contribution in [2.75, 3.05) is 18.5 Å². The lowest BCUT2D eigenvalue weighted by Gasteiger charge is -2.08. The molecule has 0 saturated carbocycles. The van der Waals surface area contributed by atoms with Gasteiger partial charge in [0.1, 0.15) is 5.69 Å². The normalized spacial score (nSPS) is 10.5. The van der Waals surface area contributed by atoms with Crippen LogP contribution in [0.4, 0.5) is 5.95 Å². The van der Waals surface area contributed by atoms with Crippen molar-refractivity contribution in [3.05, 3.63) is 6.20 Å². The Kier molecular flexibility index (Phi) is 4.22. The van der Waals surface area contributed by atoms with E-state index in [0.29, 0.717) is 30.1 Å². The monoisotopic (exact) mass is 263 g/mol. The van der Waals surface area contributed by atoms with Gasteiger partial charge in [-0.25, -0.2) is 4.68 Å². The molecule has 0 aliphatic rings. The summed E-state index contributed by atoms with van der Waals surface area (Å²) in [5.74, 6) is 0.976. The molecule has 102 valence electrons. The maximum Gasteiger partial charge on any atom is 0.321 e. The van der Waals surface area contributed by atoms with Gasteiger partial charge in [0, 0.05) is 13.6 Å². The minimum atomic E-state index is 0.309. The van der Waals surface area contributed by atoms with E-state index in [1.165, 1.54) is 0 Å². The molecule has 0 bridgehead atoms. The van der Waals surface area contributed by atoms with Crippen LogP contribution in [-0.2, 0) is 7.05 Å². The molecule has 2 heterocycles. The number of aryl methyl sites for hydroxylation is 1. The molecule has 2 aromatic rings. The molecule has 19 heavy (non-hydrogen) atoms. The molecule has 0 radical (unpaired) electrons. The van der Waals surface area contributed by atoms with Crippen molar-refractivity contribution >= 4 is 5.95 Å². The van der Waals surface area contributed by atoms with Crippen molar-refractivity contribution in [1.29, 1.82) is 0 Å². The van der Waals surface area contributed by atoms with Gasteiger partial charge in [0.25, 0.3) is 0 Å². The van der Waals surface area contributed by atoms with Crippen LogP contribution in [0.3, 0.4) is 0 Å². The highest BCUT2D eigenvalue weighted by atomic mass is 16.5. The fourth-order valence-corrected chi connectivity index (χ4v) is 1.46. The van der Waals surface area contributed by atoms with Gasteiger partial charge in [-0.2, -0.15) is 15.0 Å². The minimum Gasteiger partial charge on any atom is -0.463 e. The predicted molar refractivity (Wildman–Crippen MR) is 69.8 cm³/mol. The molecule has 0 spiro atoms. The van der Waals surface area contributed by atoms with Crippen molar-refractivity contribution in [1.82, 2.24) is 29.9 Å². The summed E-state index contributed by atoms with van der Waals surface area (Å²) in [6, 6.07) is 0.309. The summed E-state index contributed by atoms with van der Waals surface area (Å²) in [6.07, 6.45) is 2.50. The number of nitrogens with zero attached hydrogens (tertiary/aromatic N) is 6. The smallest absolute Gasteiger partial charge is 0.321 e. The van der Waals surface area contributed by atoms with Crippen molar-refractivity contribution < 1.29 is 4.74 Å². The van der Waals surface area contributed by atoms with Crippen LogP contribution >= 0.6 is 0 Å². The van der Waals surface area contributed by atoms with E-state index in [9.17, 15) is 0 Å². The second-order valence-corrected chi connectivity index (χ2v) is 3.89. The van der Waals surface area contributed by atoms with Crippen LogP contribution in [0.25, 0.3) is 11.5 Å². The number of aromatic nitrogens is 6. The first-order valence-corrected chi connectivity index (χ1v) is 6.22. The van der Waals surface area contributed by atoms with Gasteiger partial charge in [0.15, 0.2) is 5.82 Å². The molecule has 0 aliphatic heterocycles. The quantitative estimate of drug-likeness (QED) is 0.827. The third-order valence-electron chi connectivity index (χ3n) is 2.33. The number of nitrogens with one attached hydrogen (secondary N) is 1. The van der Waals surface area contributed by atoms with E-state index in [4.69, 9.17) is 4.74 Å². The van der Waals surface area contributed by atoms with Crippen molar-refractivity contribution in [3.63, 3.8) is 0 Å². The van der Waals surface area contributed by atoms with Gasteiger partial charge in [-0.1, -0.05) is 12.1 Å². The highest BCUT2D eigenvalue weighted by Gasteiger charge is 2.12. The summed E-state index contributed by atoms with van der Waals surface area (Å²) in [6.45, 7) is 5.29. The lowest BCUT2D eigenvalue weighted by atomic mass is 10.4.